The standard InChI is InChI=1S/C20H22N4O4S/c21-13-15-5-1-4-8-18(15)29(27,28)23-11-9-22(10-12-23)14-24-19(25)16-6-2-3-7-17(16)20(24)26/h1-5,8,16-17H,6-7,9-12,14H2/p+1/t16-,17-/m0/s1. The minimum absolute atomic E-state index is 0.0208. The van der Waals surface area contributed by atoms with Crippen LogP contribution in [-0.2, 0) is 19.6 Å². The lowest BCUT2D eigenvalue weighted by Crippen LogP contribution is -3.16. The molecule has 1 aliphatic carbocycles. The second kappa shape index (κ2) is 7.71. The van der Waals surface area contributed by atoms with E-state index in [1.165, 1.54) is 21.3 Å². The number of carbonyl (C=O) groups is 2. The van der Waals surface area contributed by atoms with Gasteiger partial charge in [0.25, 0.3) is 0 Å². The number of amides is 2. The van der Waals surface area contributed by atoms with Crippen LogP contribution in [0.5, 0.6) is 0 Å². The third-order valence-electron chi connectivity index (χ3n) is 6.04. The van der Waals surface area contributed by atoms with Gasteiger partial charge in [0.2, 0.25) is 21.8 Å². The predicted octanol–water partition coefficient (Wildman–Crippen LogP) is -0.644. The Morgan fingerprint density at radius 2 is 1.62 bits per heavy atom. The van der Waals surface area contributed by atoms with E-state index in [-0.39, 0.29) is 53.9 Å². The number of allylic oxidation sites excluding steroid dienone is 2. The molecule has 29 heavy (non-hydrogen) atoms. The number of hydrogen-bond donors (Lipinski definition) is 1. The summed E-state index contributed by atoms with van der Waals surface area (Å²) in [6, 6.07) is 8.12. The van der Waals surface area contributed by atoms with Crippen molar-refractivity contribution in [2.45, 2.75) is 17.7 Å². The number of nitrogens with zero attached hydrogens (tertiary/aromatic N) is 3. The Kier molecular flexibility index (Phi) is 5.25. The SMILES string of the molecule is N#Cc1ccccc1S(=O)(=O)N1CC[NH+](CN2C(=O)[C@H]3CC=CC[C@@H]3C2=O)CC1. The van der Waals surface area contributed by atoms with E-state index in [2.05, 4.69) is 0 Å². The van der Waals surface area contributed by atoms with Crippen molar-refractivity contribution in [2.24, 2.45) is 11.8 Å². The molecule has 8 nitrogen and oxygen atoms in total. The van der Waals surface area contributed by atoms with E-state index in [1.54, 1.807) is 12.1 Å². The Morgan fingerprint density at radius 1 is 1.03 bits per heavy atom. The normalized spacial score (nSPS) is 25.8. The summed E-state index contributed by atoms with van der Waals surface area (Å²) >= 11 is 0. The molecule has 0 spiro atoms. The van der Waals surface area contributed by atoms with Crippen molar-refractivity contribution in [1.29, 1.82) is 5.26 Å². The maximum Gasteiger partial charge on any atom is 0.244 e. The summed E-state index contributed by atoms with van der Waals surface area (Å²) in [7, 11) is -3.75. The van der Waals surface area contributed by atoms with Gasteiger partial charge >= 0.3 is 0 Å². The Labute approximate surface area is 170 Å². The van der Waals surface area contributed by atoms with E-state index in [0.29, 0.717) is 25.9 Å². The molecule has 2 saturated heterocycles. The molecule has 2 amide bonds. The third kappa shape index (κ3) is 3.48. The molecule has 1 N–H and O–H groups in total. The van der Waals surface area contributed by atoms with Gasteiger partial charge in [-0.05, 0) is 25.0 Å². The number of benzene rings is 1. The van der Waals surface area contributed by atoms with Crippen LogP contribution >= 0.6 is 0 Å². The monoisotopic (exact) mass is 415 g/mol. The van der Waals surface area contributed by atoms with Crippen molar-refractivity contribution in [2.75, 3.05) is 32.8 Å². The molecule has 152 valence electrons. The molecular weight excluding hydrogens is 392 g/mol. The highest BCUT2D eigenvalue weighted by Gasteiger charge is 2.48. The van der Waals surface area contributed by atoms with E-state index in [1.807, 2.05) is 18.2 Å². The van der Waals surface area contributed by atoms with E-state index in [0.717, 1.165) is 4.90 Å². The molecule has 0 saturated carbocycles. The number of rotatable bonds is 4. The number of piperazine rings is 1. The molecule has 2 fully saturated rings. The molecule has 2 heterocycles. The summed E-state index contributed by atoms with van der Waals surface area (Å²) in [6.45, 7) is 1.84. The summed E-state index contributed by atoms with van der Waals surface area (Å²) in [6.07, 6.45) is 5.16. The minimum atomic E-state index is -3.75. The first kappa shape index (κ1) is 19.8. The summed E-state index contributed by atoms with van der Waals surface area (Å²) in [5.41, 5.74) is 0.131. The van der Waals surface area contributed by atoms with E-state index < -0.39 is 10.0 Å². The number of imide groups is 1. The summed E-state index contributed by atoms with van der Waals surface area (Å²) in [5, 5.41) is 9.21. The zero-order valence-electron chi connectivity index (χ0n) is 16.0. The zero-order chi connectivity index (χ0) is 20.6. The van der Waals surface area contributed by atoms with E-state index in [4.69, 9.17) is 0 Å². The maximum absolute atomic E-state index is 12.9. The van der Waals surface area contributed by atoms with Crippen LogP contribution in [0.25, 0.3) is 0 Å². The van der Waals surface area contributed by atoms with Gasteiger partial charge < -0.3 is 4.90 Å². The highest BCUT2D eigenvalue weighted by molar-refractivity contribution is 7.89. The molecule has 3 aliphatic rings. The van der Waals surface area contributed by atoms with Crippen molar-refractivity contribution in [3.63, 3.8) is 0 Å². The predicted molar refractivity (Wildman–Crippen MR) is 103 cm³/mol. The second-order valence-electron chi connectivity index (χ2n) is 7.68. The Balaban J connectivity index is 1.41. The van der Waals surface area contributed by atoms with Crippen LogP contribution in [0.15, 0.2) is 41.3 Å². The lowest BCUT2D eigenvalue weighted by atomic mass is 9.85. The van der Waals surface area contributed by atoms with Gasteiger partial charge in [-0.15, -0.1) is 0 Å². The van der Waals surface area contributed by atoms with Crippen molar-refractivity contribution in [1.82, 2.24) is 9.21 Å². The lowest BCUT2D eigenvalue weighted by Gasteiger charge is -2.33. The van der Waals surface area contributed by atoms with Crippen LogP contribution in [0.1, 0.15) is 18.4 Å². The van der Waals surface area contributed by atoms with E-state index in [9.17, 15) is 23.3 Å². The van der Waals surface area contributed by atoms with Crippen LogP contribution in [0, 0.1) is 23.2 Å². The van der Waals surface area contributed by atoms with Crippen molar-refractivity contribution in [3.05, 3.63) is 42.0 Å². The maximum atomic E-state index is 12.9. The number of sulfonamides is 1. The minimum Gasteiger partial charge on any atom is -0.315 e. The van der Waals surface area contributed by atoms with Crippen molar-refractivity contribution >= 4 is 21.8 Å². The molecule has 2 aliphatic heterocycles. The topological polar surface area (TPSA) is 103 Å². The molecule has 9 heteroatoms. The summed E-state index contributed by atoms with van der Waals surface area (Å²) in [4.78, 5) is 27.6. The number of fused-ring (bicyclic) bond motifs is 1. The van der Waals surface area contributed by atoms with Crippen LogP contribution < -0.4 is 4.90 Å². The van der Waals surface area contributed by atoms with Crippen molar-refractivity contribution < 1.29 is 22.9 Å². The Hall–Kier alpha value is -2.54. The molecular formula is C20H23N4O4S+. The smallest absolute Gasteiger partial charge is 0.244 e. The van der Waals surface area contributed by atoms with E-state index >= 15 is 0 Å². The number of likely N-dealkylation sites (tertiary alicyclic amines) is 1. The van der Waals surface area contributed by atoms with Gasteiger partial charge in [0.1, 0.15) is 6.07 Å². The molecule has 0 radical (unpaired) electrons. The quantitative estimate of drug-likeness (QED) is 0.520. The largest absolute Gasteiger partial charge is 0.315 e. The number of carbonyl (C=O) groups excluding carboxylic acids is 2. The van der Waals surface area contributed by atoms with Gasteiger partial charge in [-0.3, -0.25) is 9.59 Å². The van der Waals surface area contributed by atoms with Gasteiger partial charge in [-0.2, -0.15) is 9.57 Å². The molecule has 1 aromatic carbocycles. The fourth-order valence-corrected chi connectivity index (χ4v) is 5.96. The van der Waals surface area contributed by atoms with Crippen LogP contribution in [0.2, 0.25) is 0 Å². The third-order valence-corrected chi connectivity index (χ3v) is 7.99. The van der Waals surface area contributed by atoms with Gasteiger partial charge in [0.15, 0.2) is 6.67 Å². The average molecular weight is 415 g/mol. The van der Waals surface area contributed by atoms with Crippen LogP contribution in [-0.4, -0.2) is 62.3 Å². The number of hydrogen-bond acceptors (Lipinski definition) is 5. The fraction of sp³-hybridized carbons (Fsp3) is 0.450. The van der Waals surface area contributed by atoms with Crippen LogP contribution in [0.4, 0.5) is 0 Å². The summed E-state index contributed by atoms with van der Waals surface area (Å²) in [5.74, 6) is -0.684. The van der Waals surface area contributed by atoms with Crippen LogP contribution in [0.3, 0.4) is 0 Å². The fourth-order valence-electron chi connectivity index (χ4n) is 4.37. The molecule has 0 unspecified atom stereocenters. The highest BCUT2D eigenvalue weighted by Crippen LogP contribution is 2.34. The van der Waals surface area contributed by atoms with Gasteiger partial charge in [0.05, 0.1) is 48.5 Å². The lowest BCUT2D eigenvalue weighted by molar-refractivity contribution is -0.910. The Bertz CT molecular complexity index is 980. The highest BCUT2D eigenvalue weighted by atomic mass is 32.2. The first-order valence-electron chi connectivity index (χ1n) is 9.76. The molecule has 2 atom stereocenters. The molecule has 4 rings (SSSR count). The average Bonchev–Trinajstić information content (AvgIpc) is 2.99. The second-order valence-corrected chi connectivity index (χ2v) is 9.59. The summed E-state index contributed by atoms with van der Waals surface area (Å²) < 4.78 is 27.2. The van der Waals surface area contributed by atoms with Crippen molar-refractivity contribution in [3.8, 4) is 6.07 Å². The molecule has 0 aromatic heterocycles. The number of quaternary nitrogens is 1. The number of nitriles is 1. The first-order chi connectivity index (χ1) is 13.9. The zero-order valence-corrected chi connectivity index (χ0v) is 16.8. The number of nitrogens with one attached hydrogen (secondary N) is 1. The van der Waals surface area contributed by atoms with Gasteiger partial charge in [0, 0.05) is 0 Å². The van der Waals surface area contributed by atoms with Gasteiger partial charge in [-0.1, -0.05) is 24.3 Å². The van der Waals surface area contributed by atoms with Gasteiger partial charge in [-0.25, -0.2) is 13.3 Å². The molecule has 0 bridgehead atoms. The first-order valence-corrected chi connectivity index (χ1v) is 11.2. The Morgan fingerprint density at radius 3 is 2.21 bits per heavy atom. The molecule has 1 aromatic rings.